The second-order valence-corrected chi connectivity index (χ2v) is 11.8. The van der Waals surface area contributed by atoms with Gasteiger partial charge < -0.3 is 24.8 Å². The molecule has 3 unspecified atom stereocenters. The Hall–Kier alpha value is -4.52. The summed E-state index contributed by atoms with van der Waals surface area (Å²) in [5.41, 5.74) is 3.47. The number of carbonyl (C=O) groups excluding carboxylic acids is 5. The van der Waals surface area contributed by atoms with Gasteiger partial charge in [0.1, 0.15) is 25.3 Å². The summed E-state index contributed by atoms with van der Waals surface area (Å²) in [7, 11) is 0. The first-order chi connectivity index (χ1) is 21.0. The van der Waals surface area contributed by atoms with Gasteiger partial charge in [0.2, 0.25) is 5.91 Å². The van der Waals surface area contributed by atoms with Gasteiger partial charge in [-0.3, -0.25) is 29.2 Å². The summed E-state index contributed by atoms with van der Waals surface area (Å²) >= 11 is 0. The molecule has 0 radical (unpaired) electrons. The Morgan fingerprint density at radius 3 is 2.39 bits per heavy atom. The number of amides is 3. The predicted molar refractivity (Wildman–Crippen MR) is 157 cm³/mol. The van der Waals surface area contributed by atoms with Crippen molar-refractivity contribution < 1.29 is 38.2 Å². The van der Waals surface area contributed by atoms with E-state index in [1.807, 2.05) is 37.3 Å². The van der Waals surface area contributed by atoms with E-state index in [9.17, 15) is 24.0 Å². The minimum atomic E-state index is -1.53. The summed E-state index contributed by atoms with van der Waals surface area (Å²) in [6.45, 7) is 6.42. The van der Waals surface area contributed by atoms with Gasteiger partial charge in [-0.2, -0.15) is 0 Å². The molecule has 3 N–H and O–H groups in total. The fourth-order valence-corrected chi connectivity index (χ4v) is 5.33. The first-order valence-corrected chi connectivity index (χ1v) is 14.7. The van der Waals surface area contributed by atoms with Crippen molar-refractivity contribution in [2.45, 2.75) is 64.8 Å². The number of hydrazine groups is 1. The van der Waals surface area contributed by atoms with Gasteiger partial charge in [0, 0.05) is 11.9 Å². The summed E-state index contributed by atoms with van der Waals surface area (Å²) in [6.07, 6.45) is 2.15. The Balaban J connectivity index is 1.53. The monoisotopic (exact) mass is 607 g/mol. The number of pyridine rings is 1. The van der Waals surface area contributed by atoms with Crippen molar-refractivity contribution in [3.63, 3.8) is 0 Å². The molecular weight excluding hydrogens is 570 g/mol. The Kier molecular flexibility index (Phi) is 8.86. The standard InChI is InChI=1S/C31H37N5O8/c1-17(2)25-27(38)33-19(4)28(39)36-13-5-6-23(35-36)26(37)32-18(3)22-10-9-21-8-7-20(14-24(21)34-22)11-12-31(29(40)44-25)15-42-30(41)43-16-31/h7-12,14,17-19,23,25,35H,5-6,13,15-16H2,1-4H3,(H,32,37)(H,33,38)/b12-11+/t18-,19?,23?,25?/m1/s1. The molecule has 0 saturated carbocycles. The number of hydrogen-bond donors (Lipinski definition) is 3. The molecule has 3 aliphatic rings. The average molecular weight is 608 g/mol. The van der Waals surface area contributed by atoms with Crippen LogP contribution in [0.3, 0.4) is 0 Å². The molecule has 1 aromatic heterocycles. The van der Waals surface area contributed by atoms with E-state index in [1.54, 1.807) is 26.0 Å². The number of benzene rings is 1. The molecule has 4 heterocycles. The van der Waals surface area contributed by atoms with Gasteiger partial charge in [0.25, 0.3) is 11.8 Å². The Morgan fingerprint density at radius 2 is 1.66 bits per heavy atom. The van der Waals surface area contributed by atoms with Gasteiger partial charge in [0.05, 0.1) is 17.3 Å². The van der Waals surface area contributed by atoms with Crippen LogP contribution >= 0.6 is 0 Å². The second-order valence-electron chi connectivity index (χ2n) is 11.8. The van der Waals surface area contributed by atoms with Gasteiger partial charge in [-0.25, -0.2) is 10.2 Å². The fraction of sp³-hybridized carbons (Fsp3) is 0.484. The molecule has 3 aliphatic heterocycles. The van der Waals surface area contributed by atoms with Crippen LogP contribution < -0.4 is 16.1 Å². The number of carbonyl (C=O) groups is 5. The van der Waals surface area contributed by atoms with E-state index >= 15 is 0 Å². The van der Waals surface area contributed by atoms with Crippen LogP contribution in [0.5, 0.6) is 0 Å². The molecule has 44 heavy (non-hydrogen) atoms. The second kappa shape index (κ2) is 12.6. The van der Waals surface area contributed by atoms with Crippen LogP contribution in [0.1, 0.15) is 57.8 Å². The maximum Gasteiger partial charge on any atom is 0.508 e. The first kappa shape index (κ1) is 30.9. The highest BCUT2D eigenvalue weighted by atomic mass is 16.7. The summed E-state index contributed by atoms with van der Waals surface area (Å²) < 4.78 is 15.9. The third-order valence-corrected chi connectivity index (χ3v) is 8.03. The summed E-state index contributed by atoms with van der Waals surface area (Å²) in [6, 6.07) is 7.25. The lowest BCUT2D eigenvalue weighted by atomic mass is 9.88. The van der Waals surface area contributed by atoms with E-state index in [2.05, 4.69) is 16.1 Å². The lowest BCUT2D eigenvalue weighted by molar-refractivity contribution is -0.174. The van der Waals surface area contributed by atoms with Crippen molar-refractivity contribution >= 4 is 46.8 Å². The molecule has 5 rings (SSSR count). The normalized spacial score (nSPS) is 27.3. The van der Waals surface area contributed by atoms with Crippen LogP contribution in [0, 0.1) is 11.3 Å². The Bertz CT molecular complexity index is 1500. The van der Waals surface area contributed by atoms with Crippen LogP contribution in [0.15, 0.2) is 36.4 Å². The Labute approximate surface area is 254 Å². The maximum atomic E-state index is 13.7. The molecule has 0 aliphatic carbocycles. The third kappa shape index (κ3) is 6.52. The number of esters is 1. The zero-order valence-electron chi connectivity index (χ0n) is 25.1. The summed E-state index contributed by atoms with van der Waals surface area (Å²) in [5.74, 6) is -2.66. The SMILES string of the molecule is CC1NC(=O)C(C(C)C)OC(=O)C2(/C=C/c3ccc4ccc(nc4c3)[C@@H](C)NC(=O)C3CCCN(N3)C1=O)COC(=O)OC2. The molecule has 2 fully saturated rings. The topological polar surface area (TPSA) is 165 Å². The Morgan fingerprint density at radius 1 is 0.955 bits per heavy atom. The van der Waals surface area contributed by atoms with Gasteiger partial charge >= 0.3 is 12.1 Å². The molecule has 13 heteroatoms. The van der Waals surface area contributed by atoms with Gasteiger partial charge in [-0.05, 0) is 50.3 Å². The van der Waals surface area contributed by atoms with Gasteiger partial charge in [-0.1, -0.05) is 44.2 Å². The summed E-state index contributed by atoms with van der Waals surface area (Å²) in [5, 5.41) is 7.85. The van der Waals surface area contributed by atoms with Gasteiger partial charge in [-0.15, -0.1) is 0 Å². The van der Waals surface area contributed by atoms with Crippen molar-refractivity contribution in [1.82, 2.24) is 26.1 Å². The summed E-state index contributed by atoms with van der Waals surface area (Å²) in [4.78, 5) is 70.0. The number of cyclic esters (lactones) is 3. The van der Waals surface area contributed by atoms with Crippen molar-refractivity contribution in [3.8, 4) is 0 Å². The lowest BCUT2D eigenvalue weighted by Gasteiger charge is -2.35. The highest BCUT2D eigenvalue weighted by Gasteiger charge is 2.46. The smallest absolute Gasteiger partial charge is 0.451 e. The van der Waals surface area contributed by atoms with E-state index < -0.39 is 59.5 Å². The predicted octanol–water partition coefficient (Wildman–Crippen LogP) is 2.16. The van der Waals surface area contributed by atoms with Crippen molar-refractivity contribution in [1.29, 1.82) is 0 Å². The molecular formula is C31H37N5O8. The number of aromatic nitrogens is 1. The molecule has 13 nitrogen and oxygen atoms in total. The van der Waals surface area contributed by atoms with Crippen LogP contribution in [0.4, 0.5) is 4.79 Å². The minimum absolute atomic E-state index is 0.274. The molecule has 3 amide bonds. The molecule has 1 aromatic carbocycles. The highest BCUT2D eigenvalue weighted by molar-refractivity contribution is 5.92. The number of fused-ring (bicyclic) bond motifs is 4. The zero-order chi connectivity index (χ0) is 31.6. The lowest BCUT2D eigenvalue weighted by Crippen LogP contribution is -2.61. The quantitative estimate of drug-likeness (QED) is 0.409. The number of ether oxygens (including phenoxy) is 3. The molecule has 234 valence electrons. The third-order valence-electron chi connectivity index (χ3n) is 8.03. The first-order valence-electron chi connectivity index (χ1n) is 14.7. The zero-order valence-corrected chi connectivity index (χ0v) is 25.1. The van der Waals surface area contributed by atoms with E-state index in [0.717, 1.165) is 5.39 Å². The number of hydrogen-bond acceptors (Lipinski definition) is 10. The van der Waals surface area contributed by atoms with E-state index in [1.165, 1.54) is 11.9 Å². The van der Waals surface area contributed by atoms with Crippen molar-refractivity contribution in [3.05, 3.63) is 47.7 Å². The van der Waals surface area contributed by atoms with E-state index in [4.69, 9.17) is 19.2 Å². The molecule has 2 saturated heterocycles. The number of rotatable bonds is 1. The fourth-order valence-electron chi connectivity index (χ4n) is 5.33. The molecule has 5 bridgehead atoms. The van der Waals surface area contributed by atoms with Crippen molar-refractivity contribution in [2.24, 2.45) is 11.3 Å². The van der Waals surface area contributed by atoms with Gasteiger partial charge in [0.15, 0.2) is 11.5 Å². The van der Waals surface area contributed by atoms with Crippen LogP contribution in [-0.2, 0) is 33.4 Å². The van der Waals surface area contributed by atoms with E-state index in [0.29, 0.717) is 36.2 Å². The number of nitrogens with one attached hydrogen (secondary N) is 3. The minimum Gasteiger partial charge on any atom is -0.451 e. The van der Waals surface area contributed by atoms with Crippen LogP contribution in [0.25, 0.3) is 17.0 Å². The average Bonchev–Trinajstić information content (AvgIpc) is 3.01. The van der Waals surface area contributed by atoms with Crippen LogP contribution in [0.2, 0.25) is 0 Å². The number of nitrogens with zero attached hydrogens (tertiary/aromatic N) is 2. The molecule has 4 atom stereocenters. The molecule has 1 spiro atoms. The van der Waals surface area contributed by atoms with E-state index in [-0.39, 0.29) is 19.1 Å². The largest absolute Gasteiger partial charge is 0.508 e. The maximum absolute atomic E-state index is 13.7. The van der Waals surface area contributed by atoms with Crippen LogP contribution in [-0.4, -0.2) is 77.8 Å². The van der Waals surface area contributed by atoms with Crippen molar-refractivity contribution in [2.75, 3.05) is 19.8 Å². The molecule has 2 aromatic rings. The highest BCUT2D eigenvalue weighted by Crippen LogP contribution is 2.30.